The van der Waals surface area contributed by atoms with E-state index in [0.29, 0.717) is 10.1 Å². The van der Waals surface area contributed by atoms with E-state index in [9.17, 15) is 14.7 Å². The van der Waals surface area contributed by atoms with E-state index in [2.05, 4.69) is 26.2 Å². The van der Waals surface area contributed by atoms with Crippen LogP contribution in [0.15, 0.2) is 69.0 Å². The fourth-order valence-electron chi connectivity index (χ4n) is 3.36. The van der Waals surface area contributed by atoms with Crippen molar-refractivity contribution >= 4 is 56.5 Å². The fraction of sp³-hybridized carbons (Fsp3) is 0.0870. The minimum absolute atomic E-state index is 0.196. The summed E-state index contributed by atoms with van der Waals surface area (Å²) >= 11 is 4.68. The average Bonchev–Trinajstić information content (AvgIpc) is 3.22. The Hall–Kier alpha value is -3.10. The van der Waals surface area contributed by atoms with Gasteiger partial charge in [0.15, 0.2) is 5.17 Å². The van der Waals surface area contributed by atoms with Crippen molar-refractivity contribution < 1.29 is 14.7 Å². The fourth-order valence-corrected chi connectivity index (χ4v) is 4.46. The topological polar surface area (TPSA) is 83.7 Å². The molecule has 156 valence electrons. The molecule has 0 spiro atoms. The molecule has 0 aliphatic carbocycles. The van der Waals surface area contributed by atoms with Gasteiger partial charge in [0, 0.05) is 21.5 Å². The lowest BCUT2D eigenvalue weighted by atomic mass is 10.2. The number of amidine groups is 1. The first-order chi connectivity index (χ1) is 14.8. The van der Waals surface area contributed by atoms with Crippen LogP contribution >= 0.6 is 27.7 Å². The number of nitrogens with zero attached hydrogens (tertiary/aromatic N) is 2. The zero-order valence-corrected chi connectivity index (χ0v) is 19.1. The number of nitrogens with one attached hydrogen (secondary N) is 1. The van der Waals surface area contributed by atoms with Crippen LogP contribution in [-0.4, -0.2) is 26.7 Å². The van der Waals surface area contributed by atoms with Crippen molar-refractivity contribution in [2.24, 2.45) is 4.99 Å². The van der Waals surface area contributed by atoms with Crippen LogP contribution in [0.2, 0.25) is 0 Å². The molecule has 1 fully saturated rings. The molecule has 1 aliphatic rings. The quantitative estimate of drug-likeness (QED) is 0.471. The number of carbonyl (C=O) groups is 2. The third kappa shape index (κ3) is 4.50. The lowest BCUT2D eigenvalue weighted by Gasteiger charge is -2.10. The Morgan fingerprint density at radius 3 is 2.61 bits per heavy atom. The number of carboxylic acids is 1. The minimum atomic E-state index is -0.969. The third-order valence-electron chi connectivity index (χ3n) is 4.82. The molecule has 0 atom stereocenters. The van der Waals surface area contributed by atoms with Crippen LogP contribution in [0.5, 0.6) is 0 Å². The van der Waals surface area contributed by atoms with Gasteiger partial charge in [-0.2, -0.15) is 0 Å². The largest absolute Gasteiger partial charge is 0.478 e. The maximum absolute atomic E-state index is 12.5. The molecule has 0 saturated carbocycles. The zero-order valence-electron chi connectivity index (χ0n) is 16.7. The molecule has 2 heterocycles. The highest BCUT2D eigenvalue weighted by Gasteiger charge is 2.24. The van der Waals surface area contributed by atoms with Crippen molar-refractivity contribution in [3.05, 3.63) is 86.5 Å². The number of hydrogen-bond acceptors (Lipinski definition) is 4. The molecule has 4 rings (SSSR count). The standard InChI is InChI=1S/C23H18BrN3O3S/c1-13-10-16(14(2)27(13)19-5-3-4-15(11-19)22(29)30)12-20-21(28)26-23(31-20)25-18-8-6-17(24)7-9-18/h3-12H,1-2H3,(H,29,30)(H,25,26,28)/b20-12-. The monoisotopic (exact) mass is 495 g/mol. The van der Waals surface area contributed by atoms with E-state index in [1.807, 2.05) is 60.9 Å². The Kier molecular flexibility index (Phi) is 5.84. The number of aromatic carboxylic acids is 1. The first kappa shape index (κ1) is 21.1. The first-order valence-corrected chi connectivity index (χ1v) is 11.0. The summed E-state index contributed by atoms with van der Waals surface area (Å²) in [5, 5.41) is 12.6. The molecule has 8 heteroatoms. The summed E-state index contributed by atoms with van der Waals surface area (Å²) in [7, 11) is 0. The van der Waals surface area contributed by atoms with Crippen LogP contribution in [0.25, 0.3) is 11.8 Å². The van der Waals surface area contributed by atoms with Crippen LogP contribution in [0.1, 0.15) is 27.3 Å². The van der Waals surface area contributed by atoms with Crippen LogP contribution < -0.4 is 5.32 Å². The molecule has 2 N–H and O–H groups in total. The summed E-state index contributed by atoms with van der Waals surface area (Å²) in [5.74, 6) is -1.16. The maximum atomic E-state index is 12.5. The zero-order chi connectivity index (χ0) is 22.1. The minimum Gasteiger partial charge on any atom is -0.478 e. The van der Waals surface area contributed by atoms with Gasteiger partial charge < -0.3 is 15.0 Å². The SMILES string of the molecule is Cc1cc(/C=C2\SC(=Nc3ccc(Br)cc3)NC2=O)c(C)n1-c1cccc(C(=O)O)c1. The molecule has 3 aromatic rings. The molecule has 1 amide bonds. The second-order valence-corrected chi connectivity index (χ2v) is 8.92. The Balaban J connectivity index is 1.64. The number of amides is 1. The van der Waals surface area contributed by atoms with Crippen molar-refractivity contribution in [2.75, 3.05) is 0 Å². The molecule has 1 saturated heterocycles. The van der Waals surface area contributed by atoms with Crippen molar-refractivity contribution in [3.8, 4) is 5.69 Å². The second-order valence-electron chi connectivity index (χ2n) is 6.98. The van der Waals surface area contributed by atoms with Gasteiger partial charge in [-0.15, -0.1) is 0 Å². The molecule has 31 heavy (non-hydrogen) atoms. The Bertz CT molecular complexity index is 1260. The van der Waals surface area contributed by atoms with Gasteiger partial charge in [0.1, 0.15) is 0 Å². The number of benzene rings is 2. The van der Waals surface area contributed by atoms with Crippen molar-refractivity contribution in [2.45, 2.75) is 13.8 Å². The average molecular weight is 496 g/mol. The van der Waals surface area contributed by atoms with E-state index in [1.54, 1.807) is 18.2 Å². The van der Waals surface area contributed by atoms with Gasteiger partial charge in [-0.3, -0.25) is 4.79 Å². The normalized spacial score (nSPS) is 16.2. The van der Waals surface area contributed by atoms with E-state index in [-0.39, 0.29) is 11.5 Å². The summed E-state index contributed by atoms with van der Waals surface area (Å²) in [6.07, 6.45) is 1.84. The Morgan fingerprint density at radius 2 is 1.90 bits per heavy atom. The van der Waals surface area contributed by atoms with Crippen molar-refractivity contribution in [1.29, 1.82) is 0 Å². The second kappa shape index (κ2) is 8.56. The Labute approximate surface area is 191 Å². The Morgan fingerprint density at radius 1 is 1.16 bits per heavy atom. The number of thioether (sulfide) groups is 1. The number of aliphatic imine (C=N–C) groups is 1. The molecule has 6 nitrogen and oxygen atoms in total. The van der Waals surface area contributed by atoms with Crippen molar-refractivity contribution in [1.82, 2.24) is 9.88 Å². The summed E-state index contributed by atoms with van der Waals surface area (Å²) in [4.78, 5) is 28.8. The van der Waals surface area contributed by atoms with Gasteiger partial charge in [0.2, 0.25) is 0 Å². The molecule has 0 radical (unpaired) electrons. The lowest BCUT2D eigenvalue weighted by Crippen LogP contribution is -2.19. The van der Waals surface area contributed by atoms with Crippen LogP contribution in [0.4, 0.5) is 5.69 Å². The summed E-state index contributed by atoms with van der Waals surface area (Å²) in [5.41, 5.74) is 4.49. The molecule has 0 bridgehead atoms. The lowest BCUT2D eigenvalue weighted by molar-refractivity contribution is -0.115. The molecule has 1 aromatic heterocycles. The first-order valence-electron chi connectivity index (χ1n) is 9.39. The summed E-state index contributed by atoms with van der Waals surface area (Å²) in [6, 6.07) is 16.3. The third-order valence-corrected chi connectivity index (χ3v) is 6.25. The number of carboxylic acid groups (broad SMARTS) is 1. The highest BCUT2D eigenvalue weighted by Crippen LogP contribution is 2.31. The van der Waals surface area contributed by atoms with E-state index in [0.717, 1.165) is 32.8 Å². The van der Waals surface area contributed by atoms with Gasteiger partial charge in [-0.1, -0.05) is 22.0 Å². The van der Waals surface area contributed by atoms with Crippen molar-refractivity contribution in [3.63, 3.8) is 0 Å². The van der Waals surface area contributed by atoms with Gasteiger partial charge in [-0.25, -0.2) is 9.79 Å². The van der Waals surface area contributed by atoms with Crippen LogP contribution in [-0.2, 0) is 4.79 Å². The number of aromatic nitrogens is 1. The smallest absolute Gasteiger partial charge is 0.335 e. The number of halogens is 1. The highest BCUT2D eigenvalue weighted by molar-refractivity contribution is 9.10. The maximum Gasteiger partial charge on any atom is 0.335 e. The summed E-state index contributed by atoms with van der Waals surface area (Å²) in [6.45, 7) is 3.89. The van der Waals surface area contributed by atoms with Gasteiger partial charge in [0.05, 0.1) is 16.2 Å². The number of hydrogen-bond donors (Lipinski definition) is 2. The van der Waals surface area contributed by atoms with Gasteiger partial charge >= 0.3 is 5.97 Å². The predicted molar refractivity (Wildman–Crippen MR) is 127 cm³/mol. The van der Waals surface area contributed by atoms with E-state index in [1.165, 1.54) is 11.8 Å². The van der Waals surface area contributed by atoms with Crippen LogP contribution in [0, 0.1) is 13.8 Å². The summed E-state index contributed by atoms with van der Waals surface area (Å²) < 4.78 is 2.94. The van der Waals surface area contributed by atoms with E-state index in [4.69, 9.17) is 0 Å². The molecule has 0 unspecified atom stereocenters. The van der Waals surface area contributed by atoms with Gasteiger partial charge in [0.25, 0.3) is 5.91 Å². The number of aryl methyl sites for hydroxylation is 1. The number of rotatable bonds is 4. The van der Waals surface area contributed by atoms with E-state index < -0.39 is 5.97 Å². The predicted octanol–water partition coefficient (Wildman–Crippen LogP) is 5.45. The molecular weight excluding hydrogens is 478 g/mol. The molecule has 1 aliphatic heterocycles. The molecular formula is C23H18BrN3O3S. The number of carbonyl (C=O) groups excluding carboxylic acids is 1. The highest BCUT2D eigenvalue weighted by atomic mass is 79.9. The van der Waals surface area contributed by atoms with Gasteiger partial charge in [-0.05, 0) is 85.8 Å². The molecule has 2 aromatic carbocycles. The van der Waals surface area contributed by atoms with Crippen LogP contribution in [0.3, 0.4) is 0 Å². The van der Waals surface area contributed by atoms with E-state index >= 15 is 0 Å².